The Hall–Kier alpha value is -1.27. The van der Waals surface area contributed by atoms with Crippen LogP contribution in [0, 0.1) is 10.1 Å². The SMILES string of the molecule is CNSc1ccc(OC2CCCCCC2)c([N+](=O)[O-])c1. The van der Waals surface area contributed by atoms with Crippen molar-refractivity contribution >= 4 is 17.6 Å². The van der Waals surface area contributed by atoms with Crippen molar-refractivity contribution in [2.75, 3.05) is 7.05 Å². The molecule has 0 saturated heterocycles. The summed E-state index contributed by atoms with van der Waals surface area (Å²) in [5.41, 5.74) is 0.0505. The third kappa shape index (κ3) is 4.11. The van der Waals surface area contributed by atoms with Crippen molar-refractivity contribution in [3.63, 3.8) is 0 Å². The zero-order chi connectivity index (χ0) is 14.4. The van der Waals surface area contributed by atoms with Gasteiger partial charge in [0.05, 0.1) is 11.0 Å². The largest absolute Gasteiger partial charge is 0.484 e. The minimum atomic E-state index is -0.369. The zero-order valence-corrected chi connectivity index (χ0v) is 12.4. The Bertz CT molecular complexity index is 460. The van der Waals surface area contributed by atoms with Crippen LogP contribution in [0.1, 0.15) is 38.5 Å². The molecule has 0 unspecified atom stereocenters. The number of nitrogens with one attached hydrogen (secondary N) is 1. The van der Waals surface area contributed by atoms with E-state index in [0.717, 1.165) is 30.6 Å². The van der Waals surface area contributed by atoms with Gasteiger partial charge < -0.3 is 4.74 Å². The maximum absolute atomic E-state index is 11.2. The summed E-state index contributed by atoms with van der Waals surface area (Å²) >= 11 is 1.35. The van der Waals surface area contributed by atoms with Gasteiger partial charge in [0.2, 0.25) is 0 Å². The van der Waals surface area contributed by atoms with Crippen molar-refractivity contribution in [2.24, 2.45) is 0 Å². The Morgan fingerprint density at radius 2 is 2.00 bits per heavy atom. The van der Waals surface area contributed by atoms with Gasteiger partial charge in [-0.15, -0.1) is 0 Å². The molecular formula is C14H20N2O3S. The van der Waals surface area contributed by atoms with Crippen LogP contribution in [-0.4, -0.2) is 18.1 Å². The van der Waals surface area contributed by atoms with Crippen molar-refractivity contribution < 1.29 is 9.66 Å². The third-order valence-corrected chi connectivity index (χ3v) is 4.14. The lowest BCUT2D eigenvalue weighted by Gasteiger charge is -2.17. The standard InChI is InChI=1S/C14H20N2O3S/c1-15-20-12-8-9-14(13(10-12)16(17)18)19-11-6-4-2-3-5-7-11/h8-11,15H,2-7H2,1H3. The van der Waals surface area contributed by atoms with Crippen LogP contribution in [0.4, 0.5) is 5.69 Å². The molecule has 1 aliphatic carbocycles. The Kier molecular flexibility index (Phi) is 5.67. The van der Waals surface area contributed by atoms with E-state index in [-0.39, 0.29) is 16.7 Å². The van der Waals surface area contributed by atoms with E-state index in [9.17, 15) is 10.1 Å². The molecule has 1 fully saturated rings. The highest BCUT2D eigenvalue weighted by molar-refractivity contribution is 7.97. The van der Waals surface area contributed by atoms with E-state index in [0.29, 0.717) is 5.75 Å². The van der Waals surface area contributed by atoms with Crippen LogP contribution in [0.2, 0.25) is 0 Å². The van der Waals surface area contributed by atoms with Crippen LogP contribution in [0.3, 0.4) is 0 Å². The van der Waals surface area contributed by atoms with Crippen LogP contribution in [0.15, 0.2) is 23.1 Å². The summed E-state index contributed by atoms with van der Waals surface area (Å²) in [5.74, 6) is 0.391. The first kappa shape index (κ1) is 15.1. The van der Waals surface area contributed by atoms with E-state index in [4.69, 9.17) is 4.74 Å². The second kappa shape index (κ2) is 7.50. The lowest BCUT2D eigenvalue weighted by atomic mass is 10.1. The van der Waals surface area contributed by atoms with Gasteiger partial charge in [-0.25, -0.2) is 0 Å². The number of hydrogen-bond donors (Lipinski definition) is 1. The summed E-state index contributed by atoms with van der Waals surface area (Å²) in [6.07, 6.45) is 6.85. The molecule has 1 aliphatic rings. The van der Waals surface area contributed by atoms with Gasteiger partial charge in [-0.05, 0) is 56.8 Å². The van der Waals surface area contributed by atoms with E-state index in [2.05, 4.69) is 4.72 Å². The van der Waals surface area contributed by atoms with E-state index in [1.807, 2.05) is 6.07 Å². The van der Waals surface area contributed by atoms with Crippen LogP contribution in [0.25, 0.3) is 0 Å². The maximum atomic E-state index is 11.2. The molecule has 2 rings (SSSR count). The van der Waals surface area contributed by atoms with Crippen LogP contribution < -0.4 is 9.46 Å². The highest BCUT2D eigenvalue weighted by atomic mass is 32.2. The molecule has 1 saturated carbocycles. The van der Waals surface area contributed by atoms with E-state index in [1.54, 1.807) is 19.2 Å². The first-order valence-electron chi connectivity index (χ1n) is 6.99. The van der Waals surface area contributed by atoms with Crippen molar-refractivity contribution in [1.82, 2.24) is 4.72 Å². The summed E-state index contributed by atoms with van der Waals surface area (Å²) in [6.45, 7) is 0. The monoisotopic (exact) mass is 296 g/mol. The number of nitrogens with zero attached hydrogens (tertiary/aromatic N) is 1. The number of hydrogen-bond acceptors (Lipinski definition) is 5. The second-order valence-electron chi connectivity index (χ2n) is 4.92. The summed E-state index contributed by atoms with van der Waals surface area (Å²) < 4.78 is 8.80. The number of rotatable bonds is 5. The fourth-order valence-corrected chi connectivity index (χ4v) is 3.00. The quantitative estimate of drug-likeness (QED) is 0.386. The topological polar surface area (TPSA) is 64.4 Å². The minimum Gasteiger partial charge on any atom is -0.484 e. The molecular weight excluding hydrogens is 276 g/mol. The molecule has 1 aromatic carbocycles. The number of benzene rings is 1. The van der Waals surface area contributed by atoms with Gasteiger partial charge >= 0.3 is 5.69 Å². The fraction of sp³-hybridized carbons (Fsp3) is 0.571. The molecule has 0 aliphatic heterocycles. The molecule has 5 nitrogen and oxygen atoms in total. The number of ether oxygens (including phenoxy) is 1. The maximum Gasteiger partial charge on any atom is 0.312 e. The third-order valence-electron chi connectivity index (χ3n) is 3.44. The molecule has 0 radical (unpaired) electrons. The molecule has 0 atom stereocenters. The highest BCUT2D eigenvalue weighted by Crippen LogP contribution is 2.33. The van der Waals surface area contributed by atoms with E-state index < -0.39 is 0 Å². The normalized spacial score (nSPS) is 16.6. The van der Waals surface area contributed by atoms with Gasteiger partial charge in [-0.3, -0.25) is 14.8 Å². The molecule has 0 heterocycles. The van der Waals surface area contributed by atoms with Gasteiger partial charge in [0.1, 0.15) is 0 Å². The van der Waals surface area contributed by atoms with E-state index in [1.165, 1.54) is 24.8 Å². The molecule has 1 N–H and O–H groups in total. The van der Waals surface area contributed by atoms with Crippen LogP contribution >= 0.6 is 11.9 Å². The Balaban J connectivity index is 2.14. The van der Waals surface area contributed by atoms with Crippen molar-refractivity contribution in [3.8, 4) is 5.75 Å². The summed E-state index contributed by atoms with van der Waals surface area (Å²) in [5, 5.41) is 11.2. The fourth-order valence-electron chi connectivity index (χ4n) is 2.46. The lowest BCUT2D eigenvalue weighted by Crippen LogP contribution is -2.15. The predicted molar refractivity (Wildman–Crippen MR) is 80.1 cm³/mol. The molecule has 110 valence electrons. The second-order valence-corrected chi connectivity index (χ2v) is 6.01. The molecule has 0 aromatic heterocycles. The molecule has 0 spiro atoms. The van der Waals surface area contributed by atoms with Crippen LogP contribution in [0.5, 0.6) is 5.75 Å². The van der Waals surface area contributed by atoms with Gasteiger partial charge in [-0.1, -0.05) is 12.8 Å². The molecule has 0 amide bonds. The number of nitro groups is 1. The Morgan fingerprint density at radius 3 is 2.60 bits per heavy atom. The molecule has 0 bridgehead atoms. The summed E-state index contributed by atoms with van der Waals surface area (Å²) in [4.78, 5) is 11.6. The van der Waals surface area contributed by atoms with Crippen molar-refractivity contribution in [3.05, 3.63) is 28.3 Å². The minimum absolute atomic E-state index is 0.0505. The Labute approximate surface area is 123 Å². The van der Waals surface area contributed by atoms with Crippen molar-refractivity contribution in [2.45, 2.75) is 49.5 Å². The number of nitro benzene ring substituents is 1. The molecule has 20 heavy (non-hydrogen) atoms. The average Bonchev–Trinajstić information content (AvgIpc) is 2.69. The average molecular weight is 296 g/mol. The molecule has 1 aromatic rings. The molecule has 6 heteroatoms. The highest BCUT2D eigenvalue weighted by Gasteiger charge is 2.21. The van der Waals surface area contributed by atoms with Gasteiger partial charge in [0.15, 0.2) is 5.75 Å². The summed E-state index contributed by atoms with van der Waals surface area (Å²) in [7, 11) is 1.78. The first-order valence-corrected chi connectivity index (χ1v) is 7.81. The van der Waals surface area contributed by atoms with E-state index >= 15 is 0 Å². The smallest absolute Gasteiger partial charge is 0.312 e. The van der Waals surface area contributed by atoms with Crippen LogP contribution in [-0.2, 0) is 0 Å². The lowest BCUT2D eigenvalue weighted by molar-refractivity contribution is -0.386. The first-order chi connectivity index (χ1) is 9.70. The Morgan fingerprint density at radius 1 is 1.30 bits per heavy atom. The van der Waals surface area contributed by atoms with Gasteiger partial charge in [0.25, 0.3) is 0 Å². The predicted octanol–water partition coefficient (Wildman–Crippen LogP) is 3.92. The zero-order valence-electron chi connectivity index (χ0n) is 11.6. The summed E-state index contributed by atoms with van der Waals surface area (Å²) in [6, 6.07) is 5.12. The van der Waals surface area contributed by atoms with Gasteiger partial charge in [0, 0.05) is 11.0 Å². The van der Waals surface area contributed by atoms with Crippen molar-refractivity contribution in [1.29, 1.82) is 0 Å². The van der Waals surface area contributed by atoms with Gasteiger partial charge in [-0.2, -0.15) is 0 Å².